The summed E-state index contributed by atoms with van der Waals surface area (Å²) < 4.78 is 1.11. The summed E-state index contributed by atoms with van der Waals surface area (Å²) in [7, 11) is 3.25. The summed E-state index contributed by atoms with van der Waals surface area (Å²) in [6.45, 7) is 2.09. The molecule has 0 aliphatic carbocycles. The molecular weight excluding hydrogens is 218 g/mol. The van der Waals surface area contributed by atoms with Crippen molar-refractivity contribution >= 4 is 26.3 Å². The van der Waals surface area contributed by atoms with Crippen LogP contribution < -0.4 is 4.98 Å². The third-order valence-corrected chi connectivity index (χ3v) is 2.55. The minimum absolute atomic E-state index is 0.347. The molecule has 3 heteroatoms. The molecule has 0 unspecified atom stereocenters. The van der Waals surface area contributed by atoms with Crippen LogP contribution in [0, 0.1) is 0 Å². The predicted octanol–water partition coefficient (Wildman–Crippen LogP) is 2.18. The highest BCUT2D eigenvalue weighted by molar-refractivity contribution is 9.10. The van der Waals surface area contributed by atoms with E-state index >= 15 is 0 Å². The van der Waals surface area contributed by atoms with Gasteiger partial charge in [0.2, 0.25) is 0 Å². The minimum atomic E-state index is 0.347. The lowest BCUT2D eigenvalue weighted by Gasteiger charge is -2.09. The first-order valence-corrected chi connectivity index (χ1v) is 4.71. The molecule has 0 saturated carbocycles. The molecule has 1 nitrogen and oxygen atoms in total. The number of hydrogen-bond acceptors (Lipinski definition) is 1. The van der Waals surface area contributed by atoms with Crippen LogP contribution in [0.15, 0.2) is 28.7 Å². The number of benzene rings is 1. The molecule has 0 heterocycles. The Balaban J connectivity index is 2.81. The average Bonchev–Trinajstić information content (AvgIpc) is 2.05. The minimum Gasteiger partial charge on any atom is -0.334 e. The van der Waals surface area contributed by atoms with E-state index in [1.54, 1.807) is 0 Å². The average molecular weight is 227 g/mol. The molecule has 0 aromatic heterocycles. The van der Waals surface area contributed by atoms with Crippen LogP contribution in [-0.4, -0.2) is 10.4 Å². The maximum atomic E-state index is 3.38. The first kappa shape index (κ1) is 8.97. The molecule has 0 amide bonds. The van der Waals surface area contributed by atoms with Crippen LogP contribution in [0.3, 0.4) is 0 Å². The largest absolute Gasteiger partial charge is 0.334 e. The molecule has 0 fully saturated rings. The quantitative estimate of drug-likeness (QED) is 0.763. The third-order valence-electron chi connectivity index (χ3n) is 1.59. The SMILES string of the molecule is C[C@@H](N[Si])c1ccc(Br)cc1. The predicted molar refractivity (Wildman–Crippen MR) is 51.4 cm³/mol. The fraction of sp³-hybridized carbons (Fsp3) is 0.250. The van der Waals surface area contributed by atoms with Crippen molar-refractivity contribution in [3.8, 4) is 0 Å². The number of hydrogen-bond donors (Lipinski definition) is 1. The van der Waals surface area contributed by atoms with Crippen molar-refractivity contribution in [2.45, 2.75) is 13.0 Å². The van der Waals surface area contributed by atoms with Gasteiger partial charge in [0.05, 0.1) is 0 Å². The Morgan fingerprint density at radius 3 is 2.36 bits per heavy atom. The fourth-order valence-electron chi connectivity index (χ4n) is 0.835. The molecule has 57 valence electrons. The Morgan fingerprint density at radius 2 is 1.91 bits per heavy atom. The van der Waals surface area contributed by atoms with E-state index in [4.69, 9.17) is 0 Å². The van der Waals surface area contributed by atoms with Gasteiger partial charge in [0.25, 0.3) is 0 Å². The second kappa shape index (κ2) is 4.04. The Kier molecular flexibility index (Phi) is 3.30. The molecule has 1 aromatic carbocycles. The molecule has 1 atom stereocenters. The molecule has 0 aliphatic heterocycles. The maximum absolute atomic E-state index is 3.38. The molecule has 0 bridgehead atoms. The summed E-state index contributed by atoms with van der Waals surface area (Å²) in [6, 6.07) is 8.59. The van der Waals surface area contributed by atoms with Gasteiger partial charge in [-0.3, -0.25) is 0 Å². The summed E-state index contributed by atoms with van der Waals surface area (Å²) >= 11 is 3.38. The van der Waals surface area contributed by atoms with Crippen molar-refractivity contribution in [2.24, 2.45) is 0 Å². The third kappa shape index (κ3) is 2.43. The van der Waals surface area contributed by atoms with Gasteiger partial charge in [0, 0.05) is 10.5 Å². The monoisotopic (exact) mass is 226 g/mol. The first-order valence-electron chi connectivity index (χ1n) is 3.42. The highest BCUT2D eigenvalue weighted by Gasteiger charge is 1.99. The van der Waals surface area contributed by atoms with E-state index in [1.807, 2.05) is 12.1 Å². The van der Waals surface area contributed by atoms with Gasteiger partial charge < -0.3 is 4.98 Å². The number of halogens is 1. The van der Waals surface area contributed by atoms with Gasteiger partial charge in [0.1, 0.15) is 10.4 Å². The van der Waals surface area contributed by atoms with Crippen molar-refractivity contribution in [1.82, 2.24) is 4.98 Å². The summed E-state index contributed by atoms with van der Waals surface area (Å²) in [4.78, 5) is 2.99. The lowest BCUT2D eigenvalue weighted by molar-refractivity contribution is 0.744. The van der Waals surface area contributed by atoms with Gasteiger partial charge in [-0.05, 0) is 24.6 Å². The van der Waals surface area contributed by atoms with E-state index in [2.05, 4.69) is 50.4 Å². The van der Waals surface area contributed by atoms with Crippen LogP contribution in [0.25, 0.3) is 0 Å². The van der Waals surface area contributed by atoms with Crippen LogP contribution in [0.2, 0.25) is 0 Å². The van der Waals surface area contributed by atoms with E-state index in [0.29, 0.717) is 6.04 Å². The highest BCUT2D eigenvalue weighted by atomic mass is 79.9. The Bertz CT molecular complexity index is 222. The Hall–Kier alpha value is -0.123. The van der Waals surface area contributed by atoms with Gasteiger partial charge in [-0.15, -0.1) is 0 Å². The van der Waals surface area contributed by atoms with Crippen LogP contribution in [-0.2, 0) is 0 Å². The smallest absolute Gasteiger partial charge is 0.140 e. The van der Waals surface area contributed by atoms with Gasteiger partial charge in [0.15, 0.2) is 0 Å². The van der Waals surface area contributed by atoms with Crippen LogP contribution in [0.5, 0.6) is 0 Å². The molecule has 0 saturated heterocycles. The Labute approximate surface area is 78.8 Å². The number of nitrogens with one attached hydrogen (secondary N) is 1. The van der Waals surface area contributed by atoms with Gasteiger partial charge >= 0.3 is 0 Å². The van der Waals surface area contributed by atoms with E-state index in [1.165, 1.54) is 5.56 Å². The normalized spacial score (nSPS) is 13.0. The Morgan fingerprint density at radius 1 is 1.36 bits per heavy atom. The zero-order chi connectivity index (χ0) is 8.27. The molecule has 0 spiro atoms. The van der Waals surface area contributed by atoms with Gasteiger partial charge in [-0.2, -0.15) is 0 Å². The van der Waals surface area contributed by atoms with E-state index in [0.717, 1.165) is 4.47 Å². The van der Waals surface area contributed by atoms with Gasteiger partial charge in [-0.1, -0.05) is 28.1 Å². The molecule has 11 heavy (non-hydrogen) atoms. The summed E-state index contributed by atoms with van der Waals surface area (Å²) in [5, 5.41) is 0. The lowest BCUT2D eigenvalue weighted by Crippen LogP contribution is -2.13. The fourth-order valence-corrected chi connectivity index (χ4v) is 1.27. The van der Waals surface area contributed by atoms with E-state index in [-0.39, 0.29) is 0 Å². The maximum Gasteiger partial charge on any atom is 0.140 e. The zero-order valence-electron chi connectivity index (χ0n) is 6.26. The summed E-state index contributed by atoms with van der Waals surface area (Å²) in [5.74, 6) is 0. The van der Waals surface area contributed by atoms with Crippen molar-refractivity contribution in [2.75, 3.05) is 0 Å². The standard InChI is InChI=1S/C8H9BrNSi/c1-6(10-11)7-2-4-8(9)5-3-7/h2-6,10H,1H3/t6-/m1/s1. The molecule has 1 aromatic rings. The molecule has 1 N–H and O–H groups in total. The second-order valence-electron chi connectivity index (χ2n) is 2.42. The highest BCUT2D eigenvalue weighted by Crippen LogP contribution is 2.15. The number of rotatable bonds is 2. The molecule has 1 rings (SSSR count). The van der Waals surface area contributed by atoms with Crippen LogP contribution in [0.4, 0.5) is 0 Å². The summed E-state index contributed by atoms with van der Waals surface area (Å²) in [6.07, 6.45) is 0. The van der Waals surface area contributed by atoms with E-state index in [9.17, 15) is 0 Å². The molecular formula is C8H9BrNSi. The van der Waals surface area contributed by atoms with Gasteiger partial charge in [-0.25, -0.2) is 0 Å². The van der Waals surface area contributed by atoms with Crippen LogP contribution >= 0.6 is 15.9 Å². The molecule has 3 radical (unpaired) electrons. The summed E-state index contributed by atoms with van der Waals surface area (Å²) in [5.41, 5.74) is 1.27. The van der Waals surface area contributed by atoms with E-state index < -0.39 is 0 Å². The topological polar surface area (TPSA) is 12.0 Å². The second-order valence-corrected chi connectivity index (χ2v) is 3.62. The zero-order valence-corrected chi connectivity index (χ0v) is 8.85. The first-order chi connectivity index (χ1) is 5.24. The molecule has 0 aliphatic rings. The van der Waals surface area contributed by atoms with Crippen molar-refractivity contribution in [1.29, 1.82) is 0 Å². The lowest BCUT2D eigenvalue weighted by atomic mass is 10.1. The van der Waals surface area contributed by atoms with Crippen molar-refractivity contribution in [3.63, 3.8) is 0 Å². The van der Waals surface area contributed by atoms with Crippen molar-refractivity contribution < 1.29 is 0 Å². The van der Waals surface area contributed by atoms with Crippen molar-refractivity contribution in [3.05, 3.63) is 34.3 Å². The van der Waals surface area contributed by atoms with Crippen LogP contribution in [0.1, 0.15) is 18.5 Å².